The third kappa shape index (κ3) is 4.19. The van der Waals surface area contributed by atoms with Crippen molar-refractivity contribution >= 4 is 29.9 Å². The predicted octanol–water partition coefficient (Wildman–Crippen LogP) is 1.94. The lowest BCUT2D eigenvalue weighted by atomic mass is 10.1. The number of anilines is 1. The van der Waals surface area contributed by atoms with Crippen LogP contribution >= 0.6 is 12.4 Å². The molecule has 1 fully saturated rings. The Hall–Kier alpha value is -1.59. The zero-order valence-electron chi connectivity index (χ0n) is 12.4. The van der Waals surface area contributed by atoms with E-state index < -0.39 is 6.04 Å². The van der Waals surface area contributed by atoms with Crippen LogP contribution in [0, 0.1) is 6.92 Å². The summed E-state index contributed by atoms with van der Waals surface area (Å²) < 4.78 is 0. The molecular formula is C15H22ClN3O2. The van der Waals surface area contributed by atoms with E-state index in [9.17, 15) is 9.59 Å². The molecule has 6 heteroatoms. The number of hydrogen-bond donors (Lipinski definition) is 2. The second-order valence-corrected chi connectivity index (χ2v) is 5.31. The van der Waals surface area contributed by atoms with Gasteiger partial charge in [0.25, 0.3) is 5.91 Å². The van der Waals surface area contributed by atoms with Gasteiger partial charge < -0.3 is 16.0 Å². The van der Waals surface area contributed by atoms with Crippen molar-refractivity contribution in [2.75, 3.05) is 18.4 Å². The number of halogens is 1. The quantitative estimate of drug-likeness (QED) is 0.895. The Bertz CT molecular complexity index is 526. The van der Waals surface area contributed by atoms with Crippen molar-refractivity contribution in [3.63, 3.8) is 0 Å². The molecule has 0 aromatic heterocycles. The Balaban J connectivity index is 0.00000220. The Morgan fingerprint density at radius 2 is 1.90 bits per heavy atom. The predicted molar refractivity (Wildman–Crippen MR) is 85.8 cm³/mol. The molecule has 1 saturated heterocycles. The Morgan fingerprint density at radius 3 is 2.43 bits per heavy atom. The number of nitrogens with two attached hydrogens (primary N) is 1. The smallest absolute Gasteiger partial charge is 0.253 e. The van der Waals surface area contributed by atoms with Gasteiger partial charge >= 0.3 is 0 Å². The molecule has 2 amide bonds. The summed E-state index contributed by atoms with van der Waals surface area (Å²) in [5.41, 5.74) is 7.76. The number of rotatable bonds is 3. The van der Waals surface area contributed by atoms with Crippen LogP contribution in [0.3, 0.4) is 0 Å². The molecule has 0 bridgehead atoms. The normalized spacial score (nSPS) is 15.3. The molecule has 0 aliphatic carbocycles. The first kappa shape index (κ1) is 17.5. The fourth-order valence-corrected chi connectivity index (χ4v) is 2.29. The topological polar surface area (TPSA) is 75.4 Å². The highest BCUT2D eigenvalue weighted by Gasteiger charge is 2.20. The number of carbonyl (C=O) groups is 2. The van der Waals surface area contributed by atoms with E-state index in [1.165, 1.54) is 0 Å². The van der Waals surface area contributed by atoms with E-state index in [1.807, 2.05) is 17.9 Å². The van der Waals surface area contributed by atoms with Crippen molar-refractivity contribution in [1.29, 1.82) is 0 Å². The van der Waals surface area contributed by atoms with Gasteiger partial charge in [-0.2, -0.15) is 0 Å². The highest BCUT2D eigenvalue weighted by Crippen LogP contribution is 2.19. The van der Waals surface area contributed by atoms with E-state index in [-0.39, 0.29) is 24.2 Å². The molecule has 0 saturated carbocycles. The molecule has 21 heavy (non-hydrogen) atoms. The van der Waals surface area contributed by atoms with Gasteiger partial charge in [0.15, 0.2) is 0 Å². The minimum absolute atomic E-state index is 0. The summed E-state index contributed by atoms with van der Waals surface area (Å²) in [5, 5.41) is 2.76. The zero-order valence-corrected chi connectivity index (χ0v) is 13.2. The van der Waals surface area contributed by atoms with Crippen LogP contribution in [0.1, 0.15) is 35.7 Å². The molecule has 1 aromatic rings. The fourth-order valence-electron chi connectivity index (χ4n) is 2.29. The third-order valence-electron chi connectivity index (χ3n) is 3.54. The van der Waals surface area contributed by atoms with Gasteiger partial charge in [-0.15, -0.1) is 12.4 Å². The van der Waals surface area contributed by atoms with Crippen LogP contribution in [0.15, 0.2) is 18.2 Å². The first-order valence-corrected chi connectivity index (χ1v) is 6.95. The summed E-state index contributed by atoms with van der Waals surface area (Å²) in [4.78, 5) is 25.7. The summed E-state index contributed by atoms with van der Waals surface area (Å²) in [5.74, 6) is -0.164. The summed E-state index contributed by atoms with van der Waals surface area (Å²) in [6, 6.07) is 4.78. The molecule has 1 atom stereocenters. The number of amides is 2. The average molecular weight is 312 g/mol. The molecular weight excluding hydrogens is 290 g/mol. The average Bonchev–Trinajstić information content (AvgIpc) is 2.94. The van der Waals surface area contributed by atoms with Crippen molar-refractivity contribution in [1.82, 2.24) is 4.90 Å². The molecule has 0 unspecified atom stereocenters. The molecule has 116 valence electrons. The number of nitrogens with zero attached hydrogens (tertiary/aromatic N) is 1. The van der Waals surface area contributed by atoms with Crippen LogP contribution in [0.2, 0.25) is 0 Å². The second kappa shape index (κ2) is 7.43. The van der Waals surface area contributed by atoms with Crippen LogP contribution in [-0.2, 0) is 4.79 Å². The number of aryl methyl sites for hydroxylation is 1. The molecule has 1 heterocycles. The molecule has 1 aliphatic heterocycles. The first-order chi connectivity index (χ1) is 9.49. The molecule has 2 rings (SSSR count). The van der Waals surface area contributed by atoms with E-state index in [0.717, 1.165) is 31.5 Å². The van der Waals surface area contributed by atoms with Crippen molar-refractivity contribution in [3.05, 3.63) is 29.3 Å². The summed E-state index contributed by atoms with van der Waals surface area (Å²) >= 11 is 0. The van der Waals surface area contributed by atoms with Crippen LogP contribution in [-0.4, -0.2) is 35.8 Å². The summed E-state index contributed by atoms with van der Waals surface area (Å²) in [6.07, 6.45) is 2.15. The Labute approximate surface area is 131 Å². The van der Waals surface area contributed by atoms with Crippen molar-refractivity contribution in [2.24, 2.45) is 5.73 Å². The number of hydrogen-bond acceptors (Lipinski definition) is 3. The molecule has 0 radical (unpaired) electrons. The highest BCUT2D eigenvalue weighted by molar-refractivity contribution is 5.97. The molecule has 1 aliphatic rings. The zero-order chi connectivity index (χ0) is 14.7. The maximum Gasteiger partial charge on any atom is 0.253 e. The van der Waals surface area contributed by atoms with Crippen LogP contribution in [0.5, 0.6) is 0 Å². The lowest BCUT2D eigenvalue weighted by Gasteiger charge is -2.16. The van der Waals surface area contributed by atoms with Gasteiger partial charge in [0.05, 0.1) is 6.04 Å². The lowest BCUT2D eigenvalue weighted by molar-refractivity contribution is -0.117. The van der Waals surface area contributed by atoms with Crippen molar-refractivity contribution in [2.45, 2.75) is 32.7 Å². The van der Waals surface area contributed by atoms with E-state index in [0.29, 0.717) is 11.3 Å². The van der Waals surface area contributed by atoms with Crippen molar-refractivity contribution < 1.29 is 9.59 Å². The number of likely N-dealkylation sites (tertiary alicyclic amines) is 1. The maximum atomic E-state index is 12.3. The minimum atomic E-state index is -0.555. The van der Waals surface area contributed by atoms with E-state index in [1.54, 1.807) is 19.1 Å². The summed E-state index contributed by atoms with van der Waals surface area (Å²) in [6.45, 7) is 5.18. The monoisotopic (exact) mass is 311 g/mol. The minimum Gasteiger partial charge on any atom is -0.339 e. The third-order valence-corrected chi connectivity index (χ3v) is 3.54. The molecule has 3 N–H and O–H groups in total. The number of nitrogens with one attached hydrogen (secondary N) is 1. The summed E-state index contributed by atoms with van der Waals surface area (Å²) in [7, 11) is 0. The van der Waals surface area contributed by atoms with Crippen LogP contribution in [0.4, 0.5) is 5.69 Å². The SMILES string of the molecule is Cc1cc(C(=O)N2CCCC2)ccc1NC(=O)[C@H](C)N.Cl. The Kier molecular flexibility index (Phi) is 6.18. The first-order valence-electron chi connectivity index (χ1n) is 6.95. The van der Waals surface area contributed by atoms with Gasteiger partial charge in [0.1, 0.15) is 0 Å². The largest absolute Gasteiger partial charge is 0.339 e. The van der Waals surface area contributed by atoms with Crippen molar-refractivity contribution in [3.8, 4) is 0 Å². The van der Waals surface area contributed by atoms with E-state index >= 15 is 0 Å². The fraction of sp³-hybridized carbons (Fsp3) is 0.467. The van der Waals surface area contributed by atoms with Gasteiger partial charge in [-0.05, 0) is 50.5 Å². The molecule has 0 spiro atoms. The van der Waals surface area contributed by atoms with Gasteiger partial charge in [-0.25, -0.2) is 0 Å². The number of carbonyl (C=O) groups excluding carboxylic acids is 2. The van der Waals surface area contributed by atoms with Gasteiger partial charge in [0, 0.05) is 24.3 Å². The van der Waals surface area contributed by atoms with Gasteiger partial charge in [-0.1, -0.05) is 0 Å². The number of benzene rings is 1. The van der Waals surface area contributed by atoms with E-state index in [4.69, 9.17) is 5.73 Å². The maximum absolute atomic E-state index is 12.3. The van der Waals surface area contributed by atoms with Gasteiger partial charge in [0.2, 0.25) is 5.91 Å². The lowest BCUT2D eigenvalue weighted by Crippen LogP contribution is -2.32. The Morgan fingerprint density at radius 1 is 1.29 bits per heavy atom. The molecule has 1 aromatic carbocycles. The highest BCUT2D eigenvalue weighted by atomic mass is 35.5. The molecule has 5 nitrogen and oxygen atoms in total. The standard InChI is InChI=1S/C15H21N3O2.ClH/c1-10-9-12(15(20)18-7-3-4-8-18)5-6-13(10)17-14(19)11(2)16;/h5-6,9,11H,3-4,7-8,16H2,1-2H3,(H,17,19);1H/t11-;/m0./s1. The van der Waals surface area contributed by atoms with Crippen LogP contribution in [0.25, 0.3) is 0 Å². The second-order valence-electron chi connectivity index (χ2n) is 5.31. The van der Waals surface area contributed by atoms with Gasteiger partial charge in [-0.3, -0.25) is 9.59 Å². The van der Waals surface area contributed by atoms with E-state index in [2.05, 4.69) is 5.32 Å². The van der Waals surface area contributed by atoms with Crippen LogP contribution < -0.4 is 11.1 Å².